The van der Waals surface area contributed by atoms with E-state index in [1.54, 1.807) is 10.7 Å². The van der Waals surface area contributed by atoms with Gasteiger partial charge in [-0.3, -0.25) is 0 Å². The molecule has 0 saturated carbocycles. The summed E-state index contributed by atoms with van der Waals surface area (Å²) >= 11 is 0. The number of hydrogen-bond acceptors (Lipinski definition) is 4. The number of nitrogens with two attached hydrogens (primary N) is 1. The fraction of sp³-hybridized carbons (Fsp3) is 0.250. The van der Waals surface area contributed by atoms with Gasteiger partial charge in [-0.15, -0.1) is 0 Å². The van der Waals surface area contributed by atoms with Crippen LogP contribution in [0.15, 0.2) is 48.8 Å². The monoisotopic (exact) mass is 281 g/mol. The normalized spacial score (nSPS) is 11.2. The van der Waals surface area contributed by atoms with E-state index in [1.165, 1.54) is 5.56 Å². The number of aromatic nitrogens is 3. The Bertz CT molecular complexity index is 730. The van der Waals surface area contributed by atoms with Crippen molar-refractivity contribution in [3.63, 3.8) is 0 Å². The molecule has 3 rings (SSSR count). The lowest BCUT2D eigenvalue weighted by molar-refractivity contribution is 0.671. The van der Waals surface area contributed by atoms with Gasteiger partial charge < -0.3 is 10.6 Å². The number of hydrogen-bond donors (Lipinski definition) is 1. The third-order valence-electron chi connectivity index (χ3n) is 3.49. The Morgan fingerprint density at radius 3 is 2.62 bits per heavy atom. The fourth-order valence-corrected chi connectivity index (χ4v) is 2.31. The van der Waals surface area contributed by atoms with Gasteiger partial charge in [0, 0.05) is 30.5 Å². The first kappa shape index (κ1) is 13.4. The molecule has 0 bridgehead atoms. The van der Waals surface area contributed by atoms with Crippen LogP contribution < -0.4 is 10.6 Å². The van der Waals surface area contributed by atoms with Gasteiger partial charge in [-0.05, 0) is 37.6 Å². The van der Waals surface area contributed by atoms with Crippen LogP contribution in [0.1, 0.15) is 19.4 Å². The highest BCUT2D eigenvalue weighted by Crippen LogP contribution is 2.19. The fourth-order valence-electron chi connectivity index (χ4n) is 2.31. The molecule has 0 atom stereocenters. The Morgan fingerprint density at radius 1 is 1.14 bits per heavy atom. The van der Waals surface area contributed by atoms with Gasteiger partial charge in [-0.25, -0.2) is 9.50 Å². The maximum absolute atomic E-state index is 5.74. The molecule has 5 heteroatoms. The quantitative estimate of drug-likeness (QED) is 0.747. The van der Waals surface area contributed by atoms with Crippen molar-refractivity contribution < 1.29 is 0 Å². The van der Waals surface area contributed by atoms with Crippen LogP contribution in [-0.2, 0) is 6.54 Å². The highest BCUT2D eigenvalue weighted by Gasteiger charge is 2.13. The van der Waals surface area contributed by atoms with Crippen LogP contribution >= 0.6 is 0 Å². The lowest BCUT2D eigenvalue weighted by atomic mass is 10.1. The van der Waals surface area contributed by atoms with E-state index < -0.39 is 0 Å². The van der Waals surface area contributed by atoms with Crippen molar-refractivity contribution in [3.8, 4) is 0 Å². The largest absolute Gasteiger partial charge is 0.399 e. The van der Waals surface area contributed by atoms with Crippen molar-refractivity contribution in [2.24, 2.45) is 0 Å². The molecule has 0 unspecified atom stereocenters. The summed E-state index contributed by atoms with van der Waals surface area (Å²) in [6.45, 7) is 5.13. The minimum absolute atomic E-state index is 0.348. The van der Waals surface area contributed by atoms with Gasteiger partial charge in [-0.2, -0.15) is 5.10 Å². The molecule has 3 aromatic rings. The van der Waals surface area contributed by atoms with Gasteiger partial charge in [0.15, 0.2) is 5.65 Å². The zero-order valence-electron chi connectivity index (χ0n) is 12.3. The average Bonchev–Trinajstić information content (AvgIpc) is 2.93. The topological polar surface area (TPSA) is 59.5 Å². The zero-order valence-corrected chi connectivity index (χ0v) is 12.3. The number of nitrogens with zero attached hydrogens (tertiary/aromatic N) is 4. The molecule has 0 aliphatic rings. The van der Waals surface area contributed by atoms with Crippen LogP contribution in [0.3, 0.4) is 0 Å². The molecule has 0 radical (unpaired) electrons. The van der Waals surface area contributed by atoms with Crippen LogP contribution in [0.25, 0.3) is 5.65 Å². The van der Waals surface area contributed by atoms with E-state index in [9.17, 15) is 0 Å². The summed E-state index contributed by atoms with van der Waals surface area (Å²) in [7, 11) is 0. The lowest BCUT2D eigenvalue weighted by Crippen LogP contribution is -2.31. The van der Waals surface area contributed by atoms with Crippen molar-refractivity contribution in [2.75, 3.05) is 10.6 Å². The molecule has 2 heterocycles. The molecule has 2 N–H and O–H groups in total. The molecule has 2 aromatic heterocycles. The van der Waals surface area contributed by atoms with E-state index in [4.69, 9.17) is 5.73 Å². The van der Waals surface area contributed by atoms with Crippen LogP contribution in [0.5, 0.6) is 0 Å². The summed E-state index contributed by atoms with van der Waals surface area (Å²) in [6, 6.07) is 12.2. The predicted octanol–water partition coefficient (Wildman–Crippen LogP) is 2.73. The second kappa shape index (κ2) is 5.44. The summed E-state index contributed by atoms with van der Waals surface area (Å²) in [5, 5.41) is 4.18. The highest BCUT2D eigenvalue weighted by molar-refractivity contribution is 5.49. The Balaban J connectivity index is 1.91. The number of nitrogen functional groups attached to an aromatic ring is 1. The van der Waals surface area contributed by atoms with Crippen LogP contribution in [0.4, 0.5) is 11.5 Å². The van der Waals surface area contributed by atoms with Crippen molar-refractivity contribution in [1.82, 2.24) is 14.6 Å². The van der Waals surface area contributed by atoms with E-state index in [0.29, 0.717) is 6.04 Å². The molecule has 5 nitrogen and oxygen atoms in total. The highest BCUT2D eigenvalue weighted by atomic mass is 15.3. The standard InChI is InChI=1S/C16H19N5/c1-12(2)20(11-13-3-5-14(17)6-4-13)15-8-10-21-16(19-15)7-9-18-21/h3-10,12H,11,17H2,1-2H3. The summed E-state index contributed by atoms with van der Waals surface area (Å²) in [5.41, 5.74) is 8.60. The Hall–Kier alpha value is -2.56. The third kappa shape index (κ3) is 2.81. The molecule has 0 amide bonds. The average molecular weight is 281 g/mol. The molecule has 0 aliphatic heterocycles. The number of anilines is 2. The summed E-state index contributed by atoms with van der Waals surface area (Å²) in [4.78, 5) is 6.93. The molecular formula is C16H19N5. The molecule has 0 spiro atoms. The van der Waals surface area contributed by atoms with E-state index in [0.717, 1.165) is 23.7 Å². The van der Waals surface area contributed by atoms with Crippen LogP contribution in [-0.4, -0.2) is 20.6 Å². The molecule has 21 heavy (non-hydrogen) atoms. The van der Waals surface area contributed by atoms with Gasteiger partial charge in [0.1, 0.15) is 5.82 Å². The summed E-state index contributed by atoms with van der Waals surface area (Å²) in [6.07, 6.45) is 3.70. The lowest BCUT2D eigenvalue weighted by Gasteiger charge is -2.28. The first-order valence-corrected chi connectivity index (χ1v) is 7.05. The van der Waals surface area contributed by atoms with Crippen molar-refractivity contribution in [1.29, 1.82) is 0 Å². The first-order valence-electron chi connectivity index (χ1n) is 7.05. The second-order valence-corrected chi connectivity index (χ2v) is 5.38. The molecular weight excluding hydrogens is 262 g/mol. The Kier molecular flexibility index (Phi) is 3.48. The van der Waals surface area contributed by atoms with Crippen molar-refractivity contribution >= 4 is 17.2 Å². The Morgan fingerprint density at radius 2 is 1.90 bits per heavy atom. The molecule has 0 saturated heterocycles. The second-order valence-electron chi connectivity index (χ2n) is 5.38. The molecule has 0 aliphatic carbocycles. The van der Waals surface area contributed by atoms with E-state index in [-0.39, 0.29) is 0 Å². The zero-order chi connectivity index (χ0) is 14.8. The predicted molar refractivity (Wildman–Crippen MR) is 85.2 cm³/mol. The van der Waals surface area contributed by atoms with Crippen molar-refractivity contribution in [3.05, 3.63) is 54.4 Å². The van der Waals surface area contributed by atoms with Gasteiger partial charge in [-0.1, -0.05) is 12.1 Å². The number of fused-ring (bicyclic) bond motifs is 1. The molecule has 1 aromatic carbocycles. The molecule has 0 fully saturated rings. The maximum atomic E-state index is 5.74. The van der Waals surface area contributed by atoms with Gasteiger partial charge in [0.25, 0.3) is 0 Å². The summed E-state index contributed by atoms with van der Waals surface area (Å²) < 4.78 is 1.77. The van der Waals surface area contributed by atoms with E-state index in [2.05, 4.69) is 41.0 Å². The SMILES string of the molecule is CC(C)N(Cc1ccc(N)cc1)c1ccn2nccc2n1. The maximum Gasteiger partial charge on any atom is 0.157 e. The number of benzene rings is 1. The molecule has 108 valence electrons. The van der Waals surface area contributed by atoms with Gasteiger partial charge in [0.2, 0.25) is 0 Å². The minimum atomic E-state index is 0.348. The van der Waals surface area contributed by atoms with Crippen LogP contribution in [0, 0.1) is 0 Å². The van der Waals surface area contributed by atoms with Gasteiger partial charge >= 0.3 is 0 Å². The first-order chi connectivity index (χ1) is 10.1. The third-order valence-corrected chi connectivity index (χ3v) is 3.49. The van der Waals surface area contributed by atoms with Crippen molar-refractivity contribution in [2.45, 2.75) is 26.4 Å². The smallest absolute Gasteiger partial charge is 0.157 e. The van der Waals surface area contributed by atoms with Crippen LogP contribution in [0.2, 0.25) is 0 Å². The summed E-state index contributed by atoms with van der Waals surface area (Å²) in [5.74, 6) is 0.954. The van der Waals surface area contributed by atoms with E-state index >= 15 is 0 Å². The van der Waals surface area contributed by atoms with E-state index in [1.807, 2.05) is 30.5 Å². The van der Waals surface area contributed by atoms with Gasteiger partial charge in [0.05, 0.1) is 6.20 Å². The minimum Gasteiger partial charge on any atom is -0.399 e. The number of rotatable bonds is 4. The Labute approximate surface area is 124 Å².